The first-order chi connectivity index (χ1) is 30.0. The molecule has 8 atom stereocenters. The highest BCUT2D eigenvalue weighted by Crippen LogP contribution is 2.24. The molecule has 15 heteroatoms. The number of esters is 2. The molecule has 2 heterocycles. The number of nitrogens with one attached hydrogen (secondary N) is 3. The van der Waals surface area contributed by atoms with Crippen molar-refractivity contribution in [3.05, 3.63) is 77.9 Å². The smallest absolute Gasteiger partial charge is 0.330 e. The number of ketones is 1. The molecule has 2 aliphatic heterocycles. The van der Waals surface area contributed by atoms with Crippen LogP contribution in [0.5, 0.6) is 5.75 Å². The molecule has 0 spiro atoms. The SMILES string of the molecule is CCCCCCCOC(=O)/C=C/C=C(\C)[C@@H]1C/C=C/C=C/[C@H](O)[C@H](C)[C@@H](O)[C@@H](CCC(C)=O)C(=O)N[C@@H](C(C)C)C(=O)N[C@@H](Cc2cccc(O)c2)C(=O)N2CCCC(N2)C(=O)O1. The number of aliphatic hydroxyl groups excluding tert-OH is 2. The number of benzene rings is 1. The van der Waals surface area contributed by atoms with Gasteiger partial charge in [-0.25, -0.2) is 10.2 Å². The van der Waals surface area contributed by atoms with Crippen molar-refractivity contribution in [3.63, 3.8) is 0 Å². The van der Waals surface area contributed by atoms with Crippen LogP contribution in [0.4, 0.5) is 0 Å². The molecule has 2 aliphatic rings. The van der Waals surface area contributed by atoms with Crippen LogP contribution in [0.15, 0.2) is 72.4 Å². The molecule has 1 fully saturated rings. The Morgan fingerprint density at radius 1 is 1.02 bits per heavy atom. The van der Waals surface area contributed by atoms with E-state index in [1.165, 1.54) is 42.3 Å². The van der Waals surface area contributed by atoms with Crippen LogP contribution in [0.3, 0.4) is 0 Å². The highest BCUT2D eigenvalue weighted by Gasteiger charge is 2.38. The van der Waals surface area contributed by atoms with Gasteiger partial charge in [0.05, 0.1) is 24.7 Å². The number of cyclic esters (lactones) is 1. The van der Waals surface area contributed by atoms with E-state index in [4.69, 9.17) is 9.47 Å². The maximum absolute atomic E-state index is 14.4. The molecule has 3 amide bonds. The fourth-order valence-corrected chi connectivity index (χ4v) is 7.36. The van der Waals surface area contributed by atoms with Crippen LogP contribution in [-0.4, -0.2) is 105 Å². The Morgan fingerprint density at radius 2 is 1.76 bits per heavy atom. The number of phenols is 1. The number of allylic oxidation sites excluding steroid dienone is 4. The molecule has 15 nitrogen and oxygen atoms in total. The summed E-state index contributed by atoms with van der Waals surface area (Å²) in [4.78, 5) is 80.7. The zero-order chi connectivity index (χ0) is 46.5. The Bertz CT molecular complexity index is 1810. The van der Waals surface area contributed by atoms with Crippen LogP contribution in [0.2, 0.25) is 0 Å². The van der Waals surface area contributed by atoms with E-state index in [9.17, 15) is 44.1 Å². The Labute approximate surface area is 372 Å². The number of unbranched alkanes of at least 4 members (excludes halogenated alkanes) is 4. The van der Waals surface area contributed by atoms with Crippen molar-refractivity contribution in [1.82, 2.24) is 21.1 Å². The highest BCUT2D eigenvalue weighted by atomic mass is 16.5. The third-order valence-corrected chi connectivity index (χ3v) is 11.3. The van der Waals surface area contributed by atoms with Crippen LogP contribution in [0, 0.1) is 17.8 Å². The number of hydrogen-bond acceptors (Lipinski definition) is 12. The Hall–Kier alpha value is -5.12. The standard InChI is InChI=1S/C48H70N4O11/c1-7-8-9-10-14-28-62-42(56)24-15-18-32(4)41-23-13-11-12-22-40(55)34(6)44(57)37(26-25-33(5)53)45(58)50-43(31(2)3)46(59)49-39(30-35-19-16-20-36(54)29-35)47(60)52-27-17-21-38(51-52)48(61)63-41/h11-13,15-16,18-20,22,24,29,31,34,37-41,43-44,51,54-55,57H,7-10,14,17,21,23,25-28,30H2,1-6H3,(H,49,59)(H,50,58)/b13-11+,22-12+,24-15+,32-18+/t34-,37+,38?,39-,40-,41-,43-,44+/m0/s1. The Morgan fingerprint density at radius 3 is 2.46 bits per heavy atom. The monoisotopic (exact) mass is 879 g/mol. The van der Waals surface area contributed by atoms with Gasteiger partial charge >= 0.3 is 11.9 Å². The predicted molar refractivity (Wildman–Crippen MR) is 238 cm³/mol. The minimum Gasteiger partial charge on any atom is -0.508 e. The maximum Gasteiger partial charge on any atom is 0.330 e. The van der Waals surface area contributed by atoms with Crippen molar-refractivity contribution in [2.45, 2.75) is 149 Å². The molecule has 0 aliphatic carbocycles. The second-order valence-corrected chi connectivity index (χ2v) is 17.0. The number of rotatable bonds is 15. The van der Waals surface area contributed by atoms with Gasteiger partial charge in [0.25, 0.3) is 5.91 Å². The Kier molecular flexibility index (Phi) is 22.5. The van der Waals surface area contributed by atoms with Gasteiger partial charge in [0, 0.05) is 37.8 Å². The summed E-state index contributed by atoms with van der Waals surface area (Å²) in [6.45, 7) is 10.8. The van der Waals surface area contributed by atoms with E-state index in [1.807, 2.05) is 0 Å². The predicted octanol–water partition coefficient (Wildman–Crippen LogP) is 4.84. The summed E-state index contributed by atoms with van der Waals surface area (Å²) in [6.07, 6.45) is 13.4. The van der Waals surface area contributed by atoms with Crippen molar-refractivity contribution >= 4 is 35.4 Å². The van der Waals surface area contributed by atoms with E-state index >= 15 is 0 Å². The first kappa shape index (κ1) is 52.2. The van der Waals surface area contributed by atoms with Gasteiger partial charge in [-0.15, -0.1) is 0 Å². The third kappa shape index (κ3) is 17.9. The number of aromatic hydroxyl groups is 1. The van der Waals surface area contributed by atoms with E-state index in [0.717, 1.165) is 32.1 Å². The van der Waals surface area contributed by atoms with Crippen LogP contribution in [-0.2, 0) is 44.7 Å². The summed E-state index contributed by atoms with van der Waals surface area (Å²) < 4.78 is 11.4. The molecular weight excluding hydrogens is 809 g/mol. The fraction of sp³-hybridized carbons (Fsp3) is 0.583. The lowest BCUT2D eigenvalue weighted by Crippen LogP contribution is -2.62. The summed E-state index contributed by atoms with van der Waals surface area (Å²) in [5.74, 6) is -5.88. The number of carbonyl (C=O) groups excluding carboxylic acids is 6. The third-order valence-electron chi connectivity index (χ3n) is 11.3. The van der Waals surface area contributed by atoms with E-state index in [0.29, 0.717) is 30.6 Å². The average molecular weight is 879 g/mol. The Balaban J connectivity index is 2.00. The zero-order valence-corrected chi connectivity index (χ0v) is 37.8. The van der Waals surface area contributed by atoms with Crippen LogP contribution >= 0.6 is 0 Å². The van der Waals surface area contributed by atoms with Gasteiger partial charge in [-0.3, -0.25) is 24.2 Å². The van der Waals surface area contributed by atoms with Gasteiger partial charge in [0.15, 0.2) is 0 Å². The van der Waals surface area contributed by atoms with Crippen molar-refractivity contribution < 1.29 is 53.6 Å². The number of fused-ring (bicyclic) bond motifs is 2. The lowest BCUT2D eigenvalue weighted by Gasteiger charge is -2.36. The first-order valence-corrected chi connectivity index (χ1v) is 22.4. The number of amides is 3. The van der Waals surface area contributed by atoms with Crippen molar-refractivity contribution in [1.29, 1.82) is 0 Å². The lowest BCUT2D eigenvalue weighted by atomic mass is 9.84. The number of aliphatic hydroxyl groups is 2. The minimum atomic E-state index is -1.42. The normalized spacial score (nSPS) is 27.1. The molecule has 3 rings (SSSR count). The lowest BCUT2D eigenvalue weighted by molar-refractivity contribution is -0.156. The number of nitrogens with zero attached hydrogens (tertiary/aromatic N) is 1. The second kappa shape index (κ2) is 27.2. The molecule has 2 bridgehead atoms. The molecule has 1 unspecified atom stereocenters. The quantitative estimate of drug-likeness (QED) is 0.0603. The molecular formula is C48H70N4O11. The second-order valence-electron chi connectivity index (χ2n) is 17.0. The van der Waals surface area contributed by atoms with Crippen molar-refractivity contribution in [2.24, 2.45) is 17.8 Å². The molecule has 63 heavy (non-hydrogen) atoms. The summed E-state index contributed by atoms with van der Waals surface area (Å²) in [5, 5.41) is 39.6. The van der Waals surface area contributed by atoms with E-state index in [2.05, 4.69) is 23.0 Å². The van der Waals surface area contributed by atoms with E-state index < -0.39 is 83.9 Å². The number of hydrazine groups is 1. The zero-order valence-electron chi connectivity index (χ0n) is 37.8. The number of ether oxygens (including phenoxy) is 2. The summed E-state index contributed by atoms with van der Waals surface area (Å²) in [7, 11) is 0. The maximum atomic E-state index is 14.4. The van der Waals surface area contributed by atoms with Gasteiger partial charge in [0.1, 0.15) is 35.8 Å². The number of Topliss-reactive ketones (excluding diaryl/α,β-unsaturated/α-hetero) is 1. The molecule has 1 aromatic carbocycles. The van der Waals surface area contributed by atoms with Gasteiger partial charge in [-0.1, -0.05) is 102 Å². The number of hydrogen-bond donors (Lipinski definition) is 6. The molecule has 348 valence electrons. The van der Waals surface area contributed by atoms with Crippen LogP contribution in [0.1, 0.15) is 111 Å². The molecule has 6 N–H and O–H groups in total. The molecule has 0 radical (unpaired) electrons. The van der Waals surface area contributed by atoms with Gasteiger partial charge in [-0.05, 0) is 68.7 Å². The fourth-order valence-electron chi connectivity index (χ4n) is 7.36. The van der Waals surface area contributed by atoms with Crippen molar-refractivity contribution in [2.75, 3.05) is 13.2 Å². The van der Waals surface area contributed by atoms with Gasteiger partial charge in [0.2, 0.25) is 11.8 Å². The van der Waals surface area contributed by atoms with Gasteiger partial charge < -0.3 is 40.2 Å². The summed E-state index contributed by atoms with van der Waals surface area (Å²) >= 11 is 0. The molecule has 0 aromatic heterocycles. The van der Waals surface area contributed by atoms with E-state index in [1.54, 1.807) is 64.1 Å². The molecule has 0 saturated carbocycles. The van der Waals surface area contributed by atoms with Crippen LogP contribution in [0.25, 0.3) is 0 Å². The summed E-state index contributed by atoms with van der Waals surface area (Å²) in [5.41, 5.74) is 4.14. The summed E-state index contributed by atoms with van der Waals surface area (Å²) in [6, 6.07) is 2.91. The average Bonchev–Trinajstić information content (AvgIpc) is 3.24. The molecule has 1 aromatic rings. The van der Waals surface area contributed by atoms with Crippen molar-refractivity contribution in [3.8, 4) is 5.75 Å². The minimum absolute atomic E-state index is 0.0297. The number of phenolic OH excluding ortho intramolecular Hbond substituents is 1. The largest absolute Gasteiger partial charge is 0.508 e. The van der Waals surface area contributed by atoms with Crippen LogP contribution < -0.4 is 16.1 Å². The topological polar surface area (TPSA) is 221 Å². The first-order valence-electron chi connectivity index (χ1n) is 22.4. The number of carbonyl (C=O) groups is 6. The van der Waals surface area contributed by atoms with E-state index in [-0.39, 0.29) is 43.8 Å². The molecule has 1 saturated heterocycles. The van der Waals surface area contributed by atoms with Gasteiger partial charge in [-0.2, -0.15) is 0 Å². The highest BCUT2D eigenvalue weighted by molar-refractivity contribution is 5.93.